The van der Waals surface area contributed by atoms with E-state index in [1.807, 2.05) is 0 Å². The van der Waals surface area contributed by atoms with E-state index in [1.54, 1.807) is 0 Å². The third-order valence-electron chi connectivity index (χ3n) is 0. The average Bonchev–Trinajstić information content (AvgIpc) is 0.811. The predicted molar refractivity (Wildman–Crippen MR) is 33.4 cm³/mol. The van der Waals surface area contributed by atoms with Gasteiger partial charge in [0.05, 0.1) is 0 Å². The van der Waals surface area contributed by atoms with Gasteiger partial charge in [-0.1, -0.05) is 0 Å². The number of rotatable bonds is 0. The van der Waals surface area contributed by atoms with E-state index in [2.05, 4.69) is 0 Å². The topological polar surface area (TPSA) is 60.7 Å². The van der Waals surface area contributed by atoms with Crippen molar-refractivity contribution in [3.05, 3.63) is 0 Å². The van der Waals surface area contributed by atoms with Crippen LogP contribution in [0.25, 0.3) is 0 Å². The average molecular weight is 154 g/mol. The van der Waals surface area contributed by atoms with Crippen LogP contribution in [0.1, 0.15) is 0 Å². The molecule has 0 amide bonds. The van der Waals surface area contributed by atoms with E-state index < -0.39 is 7.32 Å². The molecule has 0 saturated carbocycles. The van der Waals surface area contributed by atoms with Crippen LogP contribution >= 0.6 is 0 Å². The minimum atomic E-state index is -2.17. The maximum atomic E-state index is 7.17. The van der Waals surface area contributed by atoms with Crippen molar-refractivity contribution in [2.75, 3.05) is 0 Å². The number of halogens is 1. The molecule has 0 aliphatic rings. The minimum absolute atomic E-state index is 0. The second-order valence-electron chi connectivity index (χ2n) is 0.346. The van der Waals surface area contributed by atoms with Gasteiger partial charge in [0.15, 0.2) is 17.4 Å². The van der Waals surface area contributed by atoms with E-state index in [4.69, 9.17) is 15.1 Å². The molecule has 0 aromatic rings. The van der Waals surface area contributed by atoms with Crippen LogP contribution in [0, 0.1) is 0 Å². The standard InChI is InChI=1S/Al.BH3O3.Ca.FH.5H/c;2-1(3)4;;;;;;;/h;2-4H;;1H;;;;;. The molecule has 0 aliphatic heterocycles. The Hall–Kier alpha value is 1.67. The molecule has 0 aliphatic carbocycles. The molecule has 0 spiro atoms. The summed E-state index contributed by atoms with van der Waals surface area (Å²) in [5.74, 6) is 0. The van der Waals surface area contributed by atoms with Crippen LogP contribution < -0.4 is 0 Å². The summed E-state index contributed by atoms with van der Waals surface area (Å²) < 4.78 is 0. The summed E-state index contributed by atoms with van der Waals surface area (Å²) >= 11 is 0. The van der Waals surface area contributed by atoms with Gasteiger partial charge in [-0.05, 0) is 0 Å². The summed E-state index contributed by atoms with van der Waals surface area (Å²) in [4.78, 5) is 0. The second kappa shape index (κ2) is 15.6. The molecule has 0 aromatic heterocycles. The van der Waals surface area contributed by atoms with E-state index in [-0.39, 0.29) is 59.8 Å². The van der Waals surface area contributed by atoms with Gasteiger partial charge in [0.1, 0.15) is 0 Å². The Bertz CT molecular complexity index is 19.7. The van der Waals surface area contributed by atoms with Crippen molar-refractivity contribution in [3.8, 4) is 0 Å². The van der Waals surface area contributed by atoms with Crippen LogP contribution in [0.4, 0.5) is 4.70 Å². The van der Waals surface area contributed by atoms with Crippen molar-refractivity contribution in [3.63, 3.8) is 0 Å². The third-order valence-corrected chi connectivity index (χ3v) is 0. The molecular formula is H9AlBCaFO3. The summed E-state index contributed by atoms with van der Waals surface area (Å²) in [7, 11) is -2.17. The molecular weight excluding hydrogens is 145 g/mol. The molecule has 0 bridgehead atoms. The zero-order valence-electron chi connectivity index (χ0n) is 2.33. The first-order valence-electron chi connectivity index (χ1n) is 0.775. The summed E-state index contributed by atoms with van der Waals surface area (Å²) in [6, 6.07) is 0. The van der Waals surface area contributed by atoms with Gasteiger partial charge in [-0.3, -0.25) is 4.70 Å². The molecule has 3 N–H and O–H groups in total. The number of hydrogen-bond acceptors (Lipinski definition) is 3. The molecule has 0 heterocycles. The Morgan fingerprint density at radius 2 is 1.00 bits per heavy atom. The van der Waals surface area contributed by atoms with Crippen molar-refractivity contribution in [1.82, 2.24) is 0 Å². The van der Waals surface area contributed by atoms with Crippen LogP contribution in [-0.2, 0) is 0 Å². The Balaban J connectivity index is -0.0000000150. The van der Waals surface area contributed by atoms with Crippen molar-refractivity contribution >= 4 is 62.4 Å². The van der Waals surface area contributed by atoms with Gasteiger partial charge in [0.25, 0.3) is 0 Å². The van der Waals surface area contributed by atoms with Gasteiger partial charge >= 0.3 is 45.1 Å². The first kappa shape index (κ1) is 23.4. The molecule has 0 saturated heterocycles. The molecule has 7 heteroatoms. The Kier molecular flexibility index (Phi) is 52.3. The molecule has 0 rings (SSSR count). The molecule has 3 nitrogen and oxygen atoms in total. The van der Waals surface area contributed by atoms with Crippen LogP contribution in [-0.4, -0.2) is 77.5 Å². The zero-order chi connectivity index (χ0) is 3.58. The molecule has 0 aromatic carbocycles. The molecule has 0 fully saturated rings. The van der Waals surface area contributed by atoms with Crippen molar-refractivity contribution in [2.45, 2.75) is 0 Å². The van der Waals surface area contributed by atoms with E-state index in [0.29, 0.717) is 0 Å². The van der Waals surface area contributed by atoms with Gasteiger partial charge in [-0.25, -0.2) is 0 Å². The molecule has 7 heavy (non-hydrogen) atoms. The van der Waals surface area contributed by atoms with Crippen molar-refractivity contribution in [1.29, 1.82) is 0 Å². The fraction of sp³-hybridized carbons (Fsp3) is 0. The summed E-state index contributed by atoms with van der Waals surface area (Å²) in [5.41, 5.74) is 0. The van der Waals surface area contributed by atoms with Crippen molar-refractivity contribution in [2.24, 2.45) is 0 Å². The Labute approximate surface area is 81.4 Å². The molecule has 42 valence electrons. The fourth-order valence-corrected chi connectivity index (χ4v) is 0. The third kappa shape index (κ3) is 88.6. The Morgan fingerprint density at radius 1 is 1.00 bits per heavy atom. The van der Waals surface area contributed by atoms with Crippen molar-refractivity contribution < 1.29 is 19.8 Å². The number of hydrogen-bond donors (Lipinski definition) is 3. The maximum absolute atomic E-state index is 7.17. The normalized spacial score (nSPS) is 3.86. The van der Waals surface area contributed by atoms with E-state index in [1.165, 1.54) is 0 Å². The second-order valence-corrected chi connectivity index (χ2v) is 0.346. The zero-order valence-corrected chi connectivity index (χ0v) is 2.33. The van der Waals surface area contributed by atoms with Gasteiger partial charge in [-0.15, -0.1) is 0 Å². The molecule has 0 atom stereocenters. The van der Waals surface area contributed by atoms with Crippen LogP contribution in [0.15, 0.2) is 0 Å². The first-order chi connectivity index (χ1) is 1.73. The van der Waals surface area contributed by atoms with Gasteiger partial charge < -0.3 is 15.1 Å². The van der Waals surface area contributed by atoms with E-state index in [0.717, 1.165) is 0 Å². The van der Waals surface area contributed by atoms with Crippen LogP contribution in [0.5, 0.6) is 0 Å². The Morgan fingerprint density at radius 3 is 1.00 bits per heavy atom. The SMILES string of the molecule is F.OB(O)O.[AlH3].[CaH2]. The van der Waals surface area contributed by atoms with Crippen LogP contribution in [0.3, 0.4) is 0 Å². The van der Waals surface area contributed by atoms with E-state index >= 15 is 0 Å². The monoisotopic (exact) mass is 154 g/mol. The van der Waals surface area contributed by atoms with Crippen LogP contribution in [0.2, 0.25) is 0 Å². The van der Waals surface area contributed by atoms with Gasteiger partial charge in [0.2, 0.25) is 0 Å². The molecule has 0 radical (unpaired) electrons. The van der Waals surface area contributed by atoms with E-state index in [9.17, 15) is 0 Å². The van der Waals surface area contributed by atoms with Gasteiger partial charge in [-0.2, -0.15) is 0 Å². The quantitative estimate of drug-likeness (QED) is 0.311. The first-order valence-corrected chi connectivity index (χ1v) is 0.775. The summed E-state index contributed by atoms with van der Waals surface area (Å²) in [6.45, 7) is 0. The summed E-state index contributed by atoms with van der Waals surface area (Å²) in [6.07, 6.45) is 0. The molecule has 0 unspecified atom stereocenters. The fourth-order valence-electron chi connectivity index (χ4n) is 0. The summed E-state index contributed by atoms with van der Waals surface area (Å²) in [5, 5.41) is 21.5. The van der Waals surface area contributed by atoms with Gasteiger partial charge in [0, 0.05) is 0 Å². The predicted octanol–water partition coefficient (Wildman–Crippen LogP) is -4.00.